The molecule has 2 fully saturated rings. The summed E-state index contributed by atoms with van der Waals surface area (Å²) in [6.45, 7) is 4.25. The van der Waals surface area contributed by atoms with Gasteiger partial charge in [-0.15, -0.1) is 0 Å². The van der Waals surface area contributed by atoms with Crippen molar-refractivity contribution in [1.82, 2.24) is 24.7 Å². The number of carbonyl (C=O) groups excluding carboxylic acids is 1. The number of nitrogens with one attached hydrogen (secondary N) is 2. The van der Waals surface area contributed by atoms with E-state index in [0.29, 0.717) is 29.8 Å². The fourth-order valence-electron chi connectivity index (χ4n) is 5.42. The molecule has 0 spiro atoms. The molecule has 0 saturated carbocycles. The van der Waals surface area contributed by atoms with Crippen LogP contribution in [0.5, 0.6) is 0 Å². The summed E-state index contributed by atoms with van der Waals surface area (Å²) in [6.07, 6.45) is 9.06. The van der Waals surface area contributed by atoms with Gasteiger partial charge in [0.05, 0.1) is 54.4 Å². The number of benzene rings is 1. The molecule has 0 radical (unpaired) electrons. The van der Waals surface area contributed by atoms with Crippen LogP contribution in [-0.4, -0.2) is 51.6 Å². The van der Waals surface area contributed by atoms with Gasteiger partial charge in [-0.25, -0.2) is 9.97 Å². The van der Waals surface area contributed by atoms with E-state index in [1.165, 1.54) is 0 Å². The molecule has 3 aromatic heterocycles. The van der Waals surface area contributed by atoms with Crippen LogP contribution in [0.1, 0.15) is 15.9 Å². The minimum absolute atomic E-state index is 0.0858. The van der Waals surface area contributed by atoms with Crippen LogP contribution < -0.4 is 15.5 Å². The first-order chi connectivity index (χ1) is 16.7. The number of aromatic nitrogens is 4. The zero-order valence-corrected chi connectivity index (χ0v) is 18.4. The number of ether oxygens (including phenoxy) is 1. The van der Waals surface area contributed by atoms with Crippen LogP contribution in [0.4, 0.5) is 17.2 Å². The van der Waals surface area contributed by atoms with Gasteiger partial charge in [0.25, 0.3) is 5.91 Å². The first-order valence-corrected chi connectivity index (χ1v) is 11.5. The number of hydrogen-bond acceptors (Lipinski definition) is 7. The monoisotopic (exact) mass is 453 g/mol. The summed E-state index contributed by atoms with van der Waals surface area (Å²) in [4.78, 5) is 28.4. The van der Waals surface area contributed by atoms with Crippen LogP contribution in [0, 0.1) is 11.8 Å². The third kappa shape index (κ3) is 3.04. The Labute approximate surface area is 195 Å². The van der Waals surface area contributed by atoms with Gasteiger partial charge in [0.15, 0.2) is 5.65 Å². The van der Waals surface area contributed by atoms with Gasteiger partial charge in [-0.05, 0) is 23.8 Å². The van der Waals surface area contributed by atoms with Gasteiger partial charge < -0.3 is 20.3 Å². The normalized spacial score (nSPS) is 21.1. The van der Waals surface area contributed by atoms with Crippen molar-refractivity contribution in [2.75, 3.05) is 36.5 Å². The SMILES string of the molecule is O=C1NCc2c(-c3cnc4cnccn34)ccc(Nc3ccc(N4CC5COCC5C4)cn3)c21. The molecule has 3 aliphatic rings. The Hall–Kier alpha value is -3.98. The summed E-state index contributed by atoms with van der Waals surface area (Å²) in [6, 6.07) is 8.05. The van der Waals surface area contributed by atoms with Crippen LogP contribution in [-0.2, 0) is 11.3 Å². The molecule has 4 aromatic rings. The molecular weight excluding hydrogens is 430 g/mol. The maximum absolute atomic E-state index is 12.8. The largest absolute Gasteiger partial charge is 0.381 e. The summed E-state index contributed by atoms with van der Waals surface area (Å²) >= 11 is 0. The molecular formula is C25H23N7O2. The lowest BCUT2D eigenvalue weighted by Crippen LogP contribution is -2.22. The van der Waals surface area contributed by atoms with E-state index in [1.54, 1.807) is 12.4 Å². The molecule has 6 heterocycles. The number of pyridine rings is 1. The first-order valence-electron chi connectivity index (χ1n) is 11.5. The Morgan fingerprint density at radius 3 is 2.74 bits per heavy atom. The van der Waals surface area contributed by atoms with Crippen LogP contribution in [0.25, 0.3) is 16.9 Å². The molecule has 9 nitrogen and oxygen atoms in total. The standard InChI is InChI=1S/C25H23N7O2/c33-25-24-19(8-29-25)18(21-9-28-23-10-26-5-6-32(21)23)2-3-20(24)30-22-4-1-17(7-27-22)31-11-15-13-34-14-16(15)12-31/h1-7,9-10,15-16H,8,11-14H2,(H,27,30)(H,29,33). The highest BCUT2D eigenvalue weighted by molar-refractivity contribution is 6.06. The van der Waals surface area contributed by atoms with Crippen molar-refractivity contribution >= 4 is 28.7 Å². The quantitative estimate of drug-likeness (QED) is 0.490. The van der Waals surface area contributed by atoms with E-state index >= 15 is 0 Å². The molecule has 0 bridgehead atoms. The minimum atomic E-state index is -0.0858. The summed E-state index contributed by atoms with van der Waals surface area (Å²) in [7, 11) is 0. The molecule has 7 rings (SSSR count). The van der Waals surface area contributed by atoms with E-state index in [4.69, 9.17) is 4.74 Å². The van der Waals surface area contributed by atoms with E-state index in [0.717, 1.165) is 60.1 Å². The van der Waals surface area contributed by atoms with Crippen molar-refractivity contribution in [3.63, 3.8) is 0 Å². The fraction of sp³-hybridized carbons (Fsp3) is 0.280. The van der Waals surface area contributed by atoms with Gasteiger partial charge in [-0.2, -0.15) is 0 Å². The second kappa shape index (κ2) is 7.53. The lowest BCUT2D eigenvalue weighted by Gasteiger charge is -2.19. The third-order valence-corrected chi connectivity index (χ3v) is 7.17. The number of hydrogen-bond donors (Lipinski definition) is 2. The molecule has 2 N–H and O–H groups in total. The molecule has 170 valence electrons. The lowest BCUT2D eigenvalue weighted by molar-refractivity contribution is 0.0966. The molecule has 0 aliphatic carbocycles. The smallest absolute Gasteiger partial charge is 0.254 e. The Kier molecular flexibility index (Phi) is 4.31. The van der Waals surface area contributed by atoms with Crippen molar-refractivity contribution in [2.45, 2.75) is 6.54 Å². The Balaban J connectivity index is 1.18. The van der Waals surface area contributed by atoms with Crippen LogP contribution >= 0.6 is 0 Å². The number of fused-ring (bicyclic) bond motifs is 3. The highest BCUT2D eigenvalue weighted by atomic mass is 16.5. The highest BCUT2D eigenvalue weighted by Crippen LogP contribution is 2.36. The van der Waals surface area contributed by atoms with Gasteiger partial charge in [0.1, 0.15) is 5.82 Å². The second-order valence-corrected chi connectivity index (χ2v) is 9.13. The molecule has 2 atom stereocenters. The van der Waals surface area contributed by atoms with Gasteiger partial charge in [-0.3, -0.25) is 14.2 Å². The molecule has 2 saturated heterocycles. The van der Waals surface area contributed by atoms with Gasteiger partial charge in [0, 0.05) is 49.4 Å². The zero-order chi connectivity index (χ0) is 22.6. The van der Waals surface area contributed by atoms with E-state index < -0.39 is 0 Å². The topological polar surface area (TPSA) is 96.7 Å². The van der Waals surface area contributed by atoms with Gasteiger partial charge >= 0.3 is 0 Å². The van der Waals surface area contributed by atoms with Crippen LogP contribution in [0.2, 0.25) is 0 Å². The first kappa shape index (κ1) is 19.5. The highest BCUT2D eigenvalue weighted by Gasteiger charge is 2.37. The Bertz CT molecular complexity index is 1400. The summed E-state index contributed by atoms with van der Waals surface area (Å²) in [5.41, 5.74) is 6.15. The minimum Gasteiger partial charge on any atom is -0.381 e. The number of amides is 1. The summed E-state index contributed by atoms with van der Waals surface area (Å²) < 4.78 is 7.57. The van der Waals surface area contributed by atoms with Gasteiger partial charge in [0.2, 0.25) is 0 Å². The molecule has 1 amide bonds. The van der Waals surface area contributed by atoms with E-state index in [-0.39, 0.29) is 5.91 Å². The molecule has 9 heteroatoms. The fourth-order valence-corrected chi connectivity index (χ4v) is 5.42. The van der Waals surface area contributed by atoms with Crippen molar-refractivity contribution in [2.24, 2.45) is 11.8 Å². The number of nitrogens with zero attached hydrogens (tertiary/aromatic N) is 5. The summed E-state index contributed by atoms with van der Waals surface area (Å²) in [5, 5.41) is 6.33. The predicted molar refractivity (Wildman–Crippen MR) is 127 cm³/mol. The van der Waals surface area contributed by atoms with E-state index in [9.17, 15) is 4.79 Å². The Morgan fingerprint density at radius 1 is 1.03 bits per heavy atom. The van der Waals surface area contributed by atoms with Gasteiger partial charge in [-0.1, -0.05) is 6.07 Å². The molecule has 34 heavy (non-hydrogen) atoms. The number of carbonyl (C=O) groups is 1. The van der Waals surface area contributed by atoms with Crippen molar-refractivity contribution in [3.05, 3.63) is 66.4 Å². The average molecular weight is 454 g/mol. The third-order valence-electron chi connectivity index (χ3n) is 7.17. The van der Waals surface area contributed by atoms with Crippen LogP contribution in [0.3, 0.4) is 0 Å². The van der Waals surface area contributed by atoms with E-state index in [1.807, 2.05) is 41.2 Å². The second-order valence-electron chi connectivity index (χ2n) is 9.13. The van der Waals surface area contributed by atoms with Crippen molar-refractivity contribution in [1.29, 1.82) is 0 Å². The number of imidazole rings is 1. The summed E-state index contributed by atoms with van der Waals surface area (Å²) in [5.74, 6) is 1.88. The number of rotatable bonds is 4. The molecule has 1 aromatic carbocycles. The van der Waals surface area contributed by atoms with Crippen LogP contribution in [0.15, 0.2) is 55.2 Å². The van der Waals surface area contributed by atoms with E-state index in [2.05, 4.69) is 36.6 Å². The number of anilines is 3. The molecule has 2 unspecified atom stereocenters. The average Bonchev–Trinajstić information content (AvgIpc) is 3.63. The predicted octanol–water partition coefficient (Wildman–Crippen LogP) is 2.86. The molecule has 3 aliphatic heterocycles. The van der Waals surface area contributed by atoms with Crippen molar-refractivity contribution < 1.29 is 9.53 Å². The van der Waals surface area contributed by atoms with Crippen molar-refractivity contribution in [3.8, 4) is 11.3 Å². The maximum Gasteiger partial charge on any atom is 0.254 e. The Morgan fingerprint density at radius 2 is 1.91 bits per heavy atom. The lowest BCUT2D eigenvalue weighted by atomic mass is 9.99. The maximum atomic E-state index is 12.8. The zero-order valence-electron chi connectivity index (χ0n) is 18.4.